The number of imidazole rings is 1. The van der Waals surface area contributed by atoms with Crippen molar-refractivity contribution >= 4 is 6.03 Å². The van der Waals surface area contributed by atoms with Gasteiger partial charge in [-0.05, 0) is 44.2 Å². The lowest BCUT2D eigenvalue weighted by molar-refractivity contribution is 0.205. The van der Waals surface area contributed by atoms with E-state index >= 15 is 0 Å². The summed E-state index contributed by atoms with van der Waals surface area (Å²) in [6, 6.07) is 7.25. The van der Waals surface area contributed by atoms with Crippen molar-refractivity contribution in [2.24, 2.45) is 0 Å². The number of fused-ring (bicyclic) bond motifs is 1. The van der Waals surface area contributed by atoms with E-state index in [0.717, 1.165) is 11.1 Å². The molecular formula is C19H25N3O. The molecule has 0 saturated carbocycles. The highest BCUT2D eigenvalue weighted by atomic mass is 16.2. The maximum atomic E-state index is 12.6. The third kappa shape index (κ3) is 2.67. The standard InChI is InChI=1S/C19H25N3O/c1-4-19(11-15-9-7-8-10-16(15)12-19)17-13-22(14-20-17)18(23)21(5-2)6-3/h7-10,13-14H,4-6,11-12H2,1-3H3/i1D3,4D2. The zero-order valence-corrected chi connectivity index (χ0v) is 13.5. The molecule has 1 aromatic carbocycles. The first-order valence-electron chi connectivity index (χ1n) is 10.5. The van der Waals surface area contributed by atoms with Crippen LogP contribution in [-0.4, -0.2) is 33.6 Å². The number of amides is 1. The van der Waals surface area contributed by atoms with Crippen molar-refractivity contribution in [3.05, 3.63) is 53.6 Å². The molecule has 0 saturated heterocycles. The second-order valence-corrected chi connectivity index (χ2v) is 5.95. The molecule has 23 heavy (non-hydrogen) atoms. The largest absolute Gasteiger partial charge is 0.329 e. The van der Waals surface area contributed by atoms with E-state index in [0.29, 0.717) is 18.8 Å². The summed E-state index contributed by atoms with van der Waals surface area (Å²) in [6.45, 7) is 2.00. The third-order valence-electron chi connectivity index (χ3n) is 4.67. The Morgan fingerprint density at radius 2 is 2.00 bits per heavy atom. The number of hydrogen-bond acceptors (Lipinski definition) is 2. The fourth-order valence-electron chi connectivity index (χ4n) is 3.28. The second-order valence-electron chi connectivity index (χ2n) is 5.95. The van der Waals surface area contributed by atoms with Crippen LogP contribution < -0.4 is 0 Å². The van der Waals surface area contributed by atoms with Gasteiger partial charge in [0, 0.05) is 31.6 Å². The number of carbonyl (C=O) groups is 1. The normalized spacial score (nSPS) is 19.8. The highest BCUT2D eigenvalue weighted by molar-refractivity contribution is 5.76. The second kappa shape index (κ2) is 6.19. The molecule has 0 aliphatic heterocycles. The molecule has 0 fully saturated rings. The fraction of sp³-hybridized carbons (Fsp3) is 0.474. The summed E-state index contributed by atoms with van der Waals surface area (Å²) < 4.78 is 42.0. The molecule has 0 atom stereocenters. The number of nitrogens with zero attached hydrogens (tertiary/aromatic N) is 3. The molecule has 122 valence electrons. The van der Waals surface area contributed by atoms with Crippen LogP contribution in [0.25, 0.3) is 0 Å². The summed E-state index contributed by atoms with van der Waals surface area (Å²) in [5, 5.41) is 0. The first kappa shape index (κ1) is 10.6. The maximum absolute atomic E-state index is 12.6. The summed E-state index contributed by atoms with van der Waals surface area (Å²) in [5.41, 5.74) is 0.766. The Labute approximate surface area is 145 Å². The van der Waals surface area contributed by atoms with Crippen LogP contribution >= 0.6 is 0 Å². The van der Waals surface area contributed by atoms with Gasteiger partial charge < -0.3 is 4.90 Å². The van der Waals surface area contributed by atoms with Crippen LogP contribution in [0.3, 0.4) is 0 Å². The first-order chi connectivity index (χ1) is 13.1. The Morgan fingerprint density at radius 3 is 2.57 bits per heavy atom. The fourth-order valence-corrected chi connectivity index (χ4v) is 3.28. The van der Waals surface area contributed by atoms with Crippen LogP contribution in [0.2, 0.25) is 0 Å². The summed E-state index contributed by atoms with van der Waals surface area (Å²) in [7, 11) is 0. The summed E-state index contributed by atoms with van der Waals surface area (Å²) in [6.07, 6.45) is 0.791. The molecule has 0 spiro atoms. The minimum Gasteiger partial charge on any atom is -0.325 e. The van der Waals surface area contributed by atoms with E-state index < -0.39 is 18.6 Å². The zero-order valence-electron chi connectivity index (χ0n) is 18.5. The molecule has 2 aromatic rings. The number of aromatic nitrogens is 2. The van der Waals surface area contributed by atoms with E-state index in [1.54, 1.807) is 4.90 Å². The molecule has 1 aliphatic carbocycles. The van der Waals surface area contributed by atoms with Gasteiger partial charge in [-0.25, -0.2) is 9.78 Å². The predicted molar refractivity (Wildman–Crippen MR) is 91.8 cm³/mol. The van der Waals surface area contributed by atoms with Gasteiger partial charge >= 0.3 is 6.03 Å². The van der Waals surface area contributed by atoms with Crippen LogP contribution in [-0.2, 0) is 18.3 Å². The van der Waals surface area contributed by atoms with Gasteiger partial charge in [0.2, 0.25) is 0 Å². The molecule has 0 bridgehead atoms. The lowest BCUT2D eigenvalue weighted by atomic mass is 9.79. The van der Waals surface area contributed by atoms with E-state index in [9.17, 15) is 4.79 Å². The van der Waals surface area contributed by atoms with Gasteiger partial charge in [0.15, 0.2) is 0 Å². The number of carbonyl (C=O) groups excluding carboxylic acids is 1. The van der Waals surface area contributed by atoms with Crippen molar-refractivity contribution in [2.75, 3.05) is 13.1 Å². The average molecular weight is 316 g/mol. The van der Waals surface area contributed by atoms with Gasteiger partial charge in [0.25, 0.3) is 0 Å². The highest BCUT2D eigenvalue weighted by Gasteiger charge is 2.39. The predicted octanol–water partition coefficient (Wildman–Crippen LogP) is 3.64. The summed E-state index contributed by atoms with van der Waals surface area (Å²) >= 11 is 0. The van der Waals surface area contributed by atoms with Crippen molar-refractivity contribution in [3.8, 4) is 0 Å². The molecule has 4 nitrogen and oxygen atoms in total. The van der Waals surface area contributed by atoms with Crippen LogP contribution in [0.5, 0.6) is 0 Å². The van der Waals surface area contributed by atoms with Gasteiger partial charge in [-0.3, -0.25) is 4.57 Å². The minimum atomic E-state index is -2.83. The topological polar surface area (TPSA) is 38.1 Å². The van der Waals surface area contributed by atoms with Crippen molar-refractivity contribution < 1.29 is 11.6 Å². The van der Waals surface area contributed by atoms with Gasteiger partial charge in [-0.15, -0.1) is 0 Å². The van der Waals surface area contributed by atoms with Crippen LogP contribution in [0, 0.1) is 0 Å². The lowest BCUT2D eigenvalue weighted by Gasteiger charge is -2.25. The molecule has 1 aliphatic rings. The number of hydrogen-bond donors (Lipinski definition) is 0. The smallest absolute Gasteiger partial charge is 0.325 e. The molecular weight excluding hydrogens is 286 g/mol. The van der Waals surface area contributed by atoms with Crippen molar-refractivity contribution in [1.82, 2.24) is 14.5 Å². The van der Waals surface area contributed by atoms with Crippen LogP contribution in [0.4, 0.5) is 4.79 Å². The lowest BCUT2D eigenvalue weighted by Crippen LogP contribution is -2.33. The zero-order chi connectivity index (χ0) is 20.7. The van der Waals surface area contributed by atoms with Crippen LogP contribution in [0.15, 0.2) is 36.8 Å². The molecule has 1 heterocycles. The Bertz CT molecular complexity index is 845. The molecule has 0 radical (unpaired) electrons. The van der Waals surface area contributed by atoms with Gasteiger partial charge in [-0.2, -0.15) is 0 Å². The SMILES string of the molecule is [2H]C([2H])([2H])C([2H])([2H])C1(c2cn(C(=O)N(CC)CC)cn2)Cc2ccccc2C1. The average Bonchev–Trinajstić information content (AvgIpc) is 3.27. The molecule has 3 rings (SSSR count). The Hall–Kier alpha value is -2.10. The van der Waals surface area contributed by atoms with E-state index in [4.69, 9.17) is 6.85 Å². The van der Waals surface area contributed by atoms with Gasteiger partial charge in [0.05, 0.1) is 5.69 Å². The van der Waals surface area contributed by atoms with E-state index in [1.165, 1.54) is 17.1 Å². The number of benzene rings is 1. The molecule has 0 N–H and O–H groups in total. The van der Waals surface area contributed by atoms with Crippen LogP contribution in [0.1, 0.15) is 50.7 Å². The molecule has 1 aromatic heterocycles. The Balaban J connectivity index is 2.09. The van der Waals surface area contributed by atoms with E-state index in [-0.39, 0.29) is 18.9 Å². The van der Waals surface area contributed by atoms with Crippen molar-refractivity contribution in [2.45, 2.75) is 45.3 Å². The Morgan fingerprint density at radius 1 is 1.35 bits per heavy atom. The quantitative estimate of drug-likeness (QED) is 0.863. The monoisotopic (exact) mass is 316 g/mol. The van der Waals surface area contributed by atoms with Gasteiger partial charge in [0.1, 0.15) is 6.33 Å². The van der Waals surface area contributed by atoms with Crippen molar-refractivity contribution in [3.63, 3.8) is 0 Å². The van der Waals surface area contributed by atoms with E-state index in [1.807, 2.05) is 38.1 Å². The number of rotatable bonds is 4. The minimum absolute atomic E-state index is 0.227. The molecule has 4 heteroatoms. The molecule has 1 amide bonds. The Kier molecular flexibility index (Phi) is 2.86. The highest BCUT2D eigenvalue weighted by Crippen LogP contribution is 2.41. The summed E-state index contributed by atoms with van der Waals surface area (Å²) in [4.78, 5) is 18.6. The van der Waals surface area contributed by atoms with Gasteiger partial charge in [-0.1, -0.05) is 31.1 Å². The summed E-state index contributed by atoms with van der Waals surface area (Å²) in [5.74, 6) is 0. The van der Waals surface area contributed by atoms with Crippen molar-refractivity contribution in [1.29, 1.82) is 0 Å². The van der Waals surface area contributed by atoms with E-state index in [2.05, 4.69) is 4.98 Å². The first-order valence-corrected chi connectivity index (χ1v) is 7.98. The third-order valence-corrected chi connectivity index (χ3v) is 4.67. The maximum Gasteiger partial charge on any atom is 0.329 e. The molecule has 0 unspecified atom stereocenters.